The molecule has 3 rings (SSSR count). The number of carbonyl (C=O) groups is 1. The lowest BCUT2D eigenvalue weighted by molar-refractivity contribution is -0.118. The summed E-state index contributed by atoms with van der Waals surface area (Å²) in [7, 11) is -1.51. The third-order valence-electron chi connectivity index (χ3n) is 3.31. The molecule has 1 unspecified atom stereocenters. The fourth-order valence-electron chi connectivity index (χ4n) is 2.34. The van der Waals surface area contributed by atoms with Gasteiger partial charge in [0.2, 0.25) is 5.91 Å². The van der Waals surface area contributed by atoms with E-state index in [-0.39, 0.29) is 24.8 Å². The van der Waals surface area contributed by atoms with Crippen LogP contribution < -0.4 is 5.32 Å². The van der Waals surface area contributed by atoms with Gasteiger partial charge in [0, 0.05) is 17.3 Å². The molecule has 0 aliphatic rings. The average molecular weight is 317 g/mol. The molecular weight excluding hydrogens is 302 g/mol. The first-order valence-corrected chi connectivity index (χ1v) is 8.19. The standard InChI is InChI=1S/C16H15NO4S/c18-9-8-17-15(19)10-22(20)14-7-3-5-12-11-4-1-2-6-13(11)21-16(12)14/h1-7,18H,8-10H2,(H,17,19). The average Bonchev–Trinajstić information content (AvgIpc) is 2.91. The van der Waals surface area contributed by atoms with E-state index < -0.39 is 10.8 Å². The molecule has 0 aliphatic heterocycles. The van der Waals surface area contributed by atoms with Gasteiger partial charge in [-0.05, 0) is 12.1 Å². The third kappa shape index (κ3) is 2.75. The van der Waals surface area contributed by atoms with Crippen LogP contribution >= 0.6 is 0 Å². The maximum atomic E-state index is 12.4. The highest BCUT2D eigenvalue weighted by Crippen LogP contribution is 2.32. The van der Waals surface area contributed by atoms with Crippen LogP contribution in [0.4, 0.5) is 0 Å². The van der Waals surface area contributed by atoms with Crippen molar-refractivity contribution in [3.05, 3.63) is 42.5 Å². The third-order valence-corrected chi connectivity index (χ3v) is 4.65. The van der Waals surface area contributed by atoms with Crippen molar-refractivity contribution in [3.8, 4) is 0 Å². The van der Waals surface area contributed by atoms with Gasteiger partial charge in [-0.2, -0.15) is 0 Å². The molecule has 22 heavy (non-hydrogen) atoms. The highest BCUT2D eigenvalue weighted by atomic mass is 32.2. The van der Waals surface area contributed by atoms with Gasteiger partial charge in [0.1, 0.15) is 11.3 Å². The summed E-state index contributed by atoms with van der Waals surface area (Å²) < 4.78 is 18.2. The van der Waals surface area contributed by atoms with E-state index in [0.717, 1.165) is 16.4 Å². The molecule has 0 radical (unpaired) electrons. The predicted octanol–water partition coefficient (Wildman–Crippen LogP) is 1.80. The molecule has 1 amide bonds. The number of benzene rings is 2. The molecule has 0 saturated carbocycles. The summed E-state index contributed by atoms with van der Waals surface area (Å²) in [6.07, 6.45) is 0. The van der Waals surface area contributed by atoms with E-state index in [4.69, 9.17) is 9.52 Å². The van der Waals surface area contributed by atoms with Gasteiger partial charge >= 0.3 is 0 Å². The lowest BCUT2D eigenvalue weighted by atomic mass is 10.1. The first-order chi connectivity index (χ1) is 10.7. The van der Waals surface area contributed by atoms with Crippen LogP contribution in [0.5, 0.6) is 0 Å². The molecule has 114 valence electrons. The van der Waals surface area contributed by atoms with Gasteiger partial charge in [0.25, 0.3) is 0 Å². The van der Waals surface area contributed by atoms with Crippen LogP contribution in [0.25, 0.3) is 21.9 Å². The topological polar surface area (TPSA) is 79.5 Å². The number of aliphatic hydroxyl groups excluding tert-OH is 1. The normalized spacial score (nSPS) is 12.6. The highest BCUT2D eigenvalue weighted by molar-refractivity contribution is 7.86. The highest BCUT2D eigenvalue weighted by Gasteiger charge is 2.16. The zero-order valence-corrected chi connectivity index (χ0v) is 12.6. The molecule has 6 heteroatoms. The molecule has 0 spiro atoms. The van der Waals surface area contributed by atoms with E-state index in [1.165, 1.54) is 0 Å². The molecule has 2 aromatic carbocycles. The first-order valence-electron chi connectivity index (χ1n) is 6.87. The molecule has 2 N–H and O–H groups in total. The van der Waals surface area contributed by atoms with E-state index in [1.807, 2.05) is 36.4 Å². The van der Waals surface area contributed by atoms with Crippen LogP contribution in [-0.4, -0.2) is 34.1 Å². The molecule has 3 aromatic rings. The van der Waals surface area contributed by atoms with Crippen molar-refractivity contribution in [1.82, 2.24) is 5.32 Å². The van der Waals surface area contributed by atoms with E-state index in [9.17, 15) is 9.00 Å². The number of amides is 1. The molecule has 0 saturated heterocycles. The van der Waals surface area contributed by atoms with Crippen molar-refractivity contribution in [1.29, 1.82) is 0 Å². The number of nitrogens with one attached hydrogen (secondary N) is 1. The summed E-state index contributed by atoms with van der Waals surface area (Å²) in [6.45, 7) is 0.0163. The Hall–Kier alpha value is -2.18. The summed E-state index contributed by atoms with van der Waals surface area (Å²) in [4.78, 5) is 12.2. The lowest BCUT2D eigenvalue weighted by Crippen LogP contribution is -2.30. The van der Waals surface area contributed by atoms with Crippen molar-refractivity contribution in [2.24, 2.45) is 0 Å². The Labute approximate surface area is 129 Å². The van der Waals surface area contributed by atoms with Crippen LogP contribution in [0.1, 0.15) is 0 Å². The molecule has 5 nitrogen and oxygen atoms in total. The van der Waals surface area contributed by atoms with Crippen molar-refractivity contribution < 1.29 is 18.5 Å². The number of rotatable bonds is 5. The summed E-state index contributed by atoms with van der Waals surface area (Å²) >= 11 is 0. The zero-order valence-electron chi connectivity index (χ0n) is 11.7. The van der Waals surface area contributed by atoms with Gasteiger partial charge < -0.3 is 14.8 Å². The maximum Gasteiger partial charge on any atom is 0.233 e. The number of hydrogen-bond donors (Lipinski definition) is 2. The fourth-order valence-corrected chi connectivity index (χ4v) is 3.43. The monoisotopic (exact) mass is 317 g/mol. The van der Waals surface area contributed by atoms with Gasteiger partial charge in [-0.25, -0.2) is 0 Å². The molecule has 1 aromatic heterocycles. The number of para-hydroxylation sites is 2. The maximum absolute atomic E-state index is 12.4. The molecule has 0 fully saturated rings. The number of hydrogen-bond acceptors (Lipinski definition) is 4. The summed E-state index contributed by atoms with van der Waals surface area (Å²) in [5.41, 5.74) is 1.28. The minimum Gasteiger partial charge on any atom is -0.455 e. The van der Waals surface area contributed by atoms with E-state index in [0.29, 0.717) is 10.5 Å². The van der Waals surface area contributed by atoms with E-state index >= 15 is 0 Å². The Bertz CT molecular complexity index is 856. The van der Waals surface area contributed by atoms with Crippen LogP contribution in [0.2, 0.25) is 0 Å². The fraction of sp³-hybridized carbons (Fsp3) is 0.188. The van der Waals surface area contributed by atoms with E-state index in [2.05, 4.69) is 5.32 Å². The van der Waals surface area contributed by atoms with Crippen molar-refractivity contribution in [2.45, 2.75) is 4.90 Å². The Morgan fingerprint density at radius 2 is 1.91 bits per heavy atom. The van der Waals surface area contributed by atoms with Gasteiger partial charge in [0.05, 0.1) is 22.3 Å². The van der Waals surface area contributed by atoms with Gasteiger partial charge in [-0.1, -0.05) is 30.3 Å². The van der Waals surface area contributed by atoms with Crippen molar-refractivity contribution in [2.75, 3.05) is 18.9 Å². The van der Waals surface area contributed by atoms with Crippen LogP contribution in [-0.2, 0) is 15.6 Å². The minimum absolute atomic E-state index is 0.141. The Balaban J connectivity index is 1.97. The SMILES string of the molecule is O=C(CS(=O)c1cccc2c1oc1ccccc12)NCCO. The second kappa shape index (κ2) is 6.29. The number of furan rings is 1. The number of fused-ring (bicyclic) bond motifs is 3. The molecule has 0 aliphatic carbocycles. The second-order valence-electron chi connectivity index (χ2n) is 4.79. The number of aliphatic hydroxyl groups is 1. The van der Waals surface area contributed by atoms with Gasteiger partial charge in [-0.15, -0.1) is 0 Å². The Kier molecular flexibility index (Phi) is 4.22. The zero-order chi connectivity index (χ0) is 15.5. The molecule has 1 atom stereocenters. The van der Waals surface area contributed by atoms with Crippen LogP contribution in [0, 0.1) is 0 Å². The second-order valence-corrected chi connectivity index (χ2v) is 6.21. The molecule has 0 bridgehead atoms. The van der Waals surface area contributed by atoms with Gasteiger partial charge in [0.15, 0.2) is 5.58 Å². The first kappa shape index (κ1) is 14.7. The summed E-state index contributed by atoms with van der Waals surface area (Å²) in [5.74, 6) is -0.517. The Morgan fingerprint density at radius 3 is 2.73 bits per heavy atom. The Morgan fingerprint density at radius 1 is 1.14 bits per heavy atom. The summed E-state index contributed by atoms with van der Waals surface area (Å²) in [5, 5.41) is 13.0. The minimum atomic E-state index is -1.51. The van der Waals surface area contributed by atoms with E-state index in [1.54, 1.807) is 6.07 Å². The molecular formula is C16H15NO4S. The smallest absolute Gasteiger partial charge is 0.233 e. The largest absolute Gasteiger partial charge is 0.455 e. The van der Waals surface area contributed by atoms with Crippen LogP contribution in [0.3, 0.4) is 0 Å². The van der Waals surface area contributed by atoms with Crippen molar-refractivity contribution >= 4 is 38.6 Å². The quantitative estimate of drug-likeness (QED) is 0.752. The van der Waals surface area contributed by atoms with Crippen LogP contribution in [0.15, 0.2) is 51.8 Å². The summed E-state index contributed by atoms with van der Waals surface area (Å²) in [6, 6.07) is 13.0. The lowest BCUT2D eigenvalue weighted by Gasteiger charge is -2.04. The molecule has 1 heterocycles. The number of carbonyl (C=O) groups excluding carboxylic acids is 1. The van der Waals surface area contributed by atoms with Crippen molar-refractivity contribution in [3.63, 3.8) is 0 Å². The van der Waals surface area contributed by atoms with Gasteiger partial charge in [-0.3, -0.25) is 9.00 Å². The predicted molar refractivity (Wildman–Crippen MR) is 85.1 cm³/mol.